The number of carbonyl (C=O) groups excluding carboxylic acids is 1. The van der Waals surface area contributed by atoms with Crippen LogP contribution < -0.4 is 15.1 Å². The van der Waals surface area contributed by atoms with Crippen LogP contribution in [0, 0.1) is 13.8 Å². The third-order valence-electron chi connectivity index (χ3n) is 6.31. The molecule has 6 nitrogen and oxygen atoms in total. The normalized spacial score (nSPS) is 15.2. The Kier molecular flexibility index (Phi) is 4.96. The van der Waals surface area contributed by atoms with Gasteiger partial charge in [-0.25, -0.2) is 4.98 Å². The molecule has 0 spiro atoms. The number of amides is 1. The van der Waals surface area contributed by atoms with E-state index in [0.717, 1.165) is 32.7 Å². The van der Waals surface area contributed by atoms with Gasteiger partial charge in [-0.2, -0.15) is 0 Å². The minimum atomic E-state index is -0.656. The molecule has 2 aromatic heterocycles. The second-order valence-electron chi connectivity index (χ2n) is 8.67. The molecular formula is C28H22N2O4S. The summed E-state index contributed by atoms with van der Waals surface area (Å²) in [5.74, 6) is 0.430. The molecule has 1 unspecified atom stereocenters. The predicted octanol–water partition coefficient (Wildman–Crippen LogP) is 6.17. The first-order valence-electron chi connectivity index (χ1n) is 11.5. The van der Waals surface area contributed by atoms with Crippen LogP contribution in [0.4, 0.5) is 5.13 Å². The minimum Gasteiger partial charge on any atom is -0.494 e. The predicted molar refractivity (Wildman–Crippen MR) is 138 cm³/mol. The van der Waals surface area contributed by atoms with Gasteiger partial charge in [-0.1, -0.05) is 41.7 Å². The highest BCUT2D eigenvalue weighted by Crippen LogP contribution is 2.44. The fraction of sp³-hybridized carbons (Fsp3) is 0.179. The van der Waals surface area contributed by atoms with E-state index in [2.05, 4.69) is 12.1 Å². The van der Waals surface area contributed by atoms with Crippen molar-refractivity contribution in [3.8, 4) is 5.75 Å². The molecule has 1 aliphatic heterocycles. The Morgan fingerprint density at radius 2 is 1.83 bits per heavy atom. The highest BCUT2D eigenvalue weighted by molar-refractivity contribution is 7.22. The number of benzene rings is 3. The van der Waals surface area contributed by atoms with Crippen LogP contribution in [0.1, 0.15) is 45.8 Å². The monoisotopic (exact) mass is 482 g/mol. The maximum atomic E-state index is 13.8. The molecule has 1 aliphatic rings. The average Bonchev–Trinajstić information content (AvgIpc) is 3.39. The molecule has 0 fully saturated rings. The first-order chi connectivity index (χ1) is 17.0. The van der Waals surface area contributed by atoms with Crippen LogP contribution >= 0.6 is 11.3 Å². The van der Waals surface area contributed by atoms with Crippen molar-refractivity contribution in [2.75, 3.05) is 11.5 Å². The van der Waals surface area contributed by atoms with E-state index in [1.807, 2.05) is 45.0 Å². The molecule has 0 bridgehead atoms. The van der Waals surface area contributed by atoms with Gasteiger partial charge in [0, 0.05) is 0 Å². The second kappa shape index (κ2) is 8.06. The van der Waals surface area contributed by atoms with E-state index in [0.29, 0.717) is 28.3 Å². The fourth-order valence-corrected chi connectivity index (χ4v) is 5.98. The Morgan fingerprint density at radius 1 is 1.06 bits per heavy atom. The zero-order chi connectivity index (χ0) is 24.3. The van der Waals surface area contributed by atoms with Gasteiger partial charge in [0.15, 0.2) is 10.6 Å². The first-order valence-corrected chi connectivity index (χ1v) is 12.3. The number of hydrogen-bond donors (Lipinski definition) is 0. The summed E-state index contributed by atoms with van der Waals surface area (Å²) in [6.45, 7) is 6.53. The Hall–Kier alpha value is -3.97. The van der Waals surface area contributed by atoms with E-state index in [-0.39, 0.29) is 17.1 Å². The minimum absolute atomic E-state index is 0.0692. The largest absolute Gasteiger partial charge is 0.494 e. The molecule has 1 amide bonds. The van der Waals surface area contributed by atoms with Crippen LogP contribution in [0.3, 0.4) is 0 Å². The summed E-state index contributed by atoms with van der Waals surface area (Å²) in [4.78, 5) is 33.9. The average molecular weight is 483 g/mol. The van der Waals surface area contributed by atoms with Gasteiger partial charge < -0.3 is 9.15 Å². The number of para-hydroxylation sites is 1. The van der Waals surface area contributed by atoms with Crippen LogP contribution in [-0.2, 0) is 0 Å². The summed E-state index contributed by atoms with van der Waals surface area (Å²) in [5.41, 5.74) is 4.35. The molecule has 7 heteroatoms. The topological polar surface area (TPSA) is 72.6 Å². The van der Waals surface area contributed by atoms with Crippen molar-refractivity contribution < 1.29 is 13.9 Å². The zero-order valence-corrected chi connectivity index (χ0v) is 20.3. The first kappa shape index (κ1) is 21.6. The maximum absolute atomic E-state index is 13.8. The number of ether oxygens (including phenoxy) is 1. The lowest BCUT2D eigenvalue weighted by Gasteiger charge is -2.22. The van der Waals surface area contributed by atoms with Gasteiger partial charge in [0.05, 0.1) is 33.8 Å². The summed E-state index contributed by atoms with van der Waals surface area (Å²) in [6, 6.07) is 18.0. The number of rotatable bonds is 4. The van der Waals surface area contributed by atoms with Crippen molar-refractivity contribution in [1.29, 1.82) is 0 Å². The number of thiazole rings is 1. The van der Waals surface area contributed by atoms with Crippen molar-refractivity contribution in [3.05, 3.63) is 98.9 Å². The third-order valence-corrected chi connectivity index (χ3v) is 7.31. The Morgan fingerprint density at radius 3 is 2.60 bits per heavy atom. The van der Waals surface area contributed by atoms with Crippen molar-refractivity contribution in [1.82, 2.24) is 4.98 Å². The molecular weight excluding hydrogens is 460 g/mol. The van der Waals surface area contributed by atoms with E-state index in [1.165, 1.54) is 11.3 Å². The van der Waals surface area contributed by atoms with Crippen LogP contribution in [-0.4, -0.2) is 17.5 Å². The second-order valence-corrected chi connectivity index (χ2v) is 9.68. The fourth-order valence-electron chi connectivity index (χ4n) is 4.81. The van der Waals surface area contributed by atoms with E-state index < -0.39 is 6.04 Å². The third kappa shape index (κ3) is 3.34. The van der Waals surface area contributed by atoms with Crippen molar-refractivity contribution >= 4 is 43.6 Å². The van der Waals surface area contributed by atoms with Gasteiger partial charge in [0.1, 0.15) is 11.3 Å². The van der Waals surface area contributed by atoms with E-state index in [9.17, 15) is 9.59 Å². The van der Waals surface area contributed by atoms with Crippen LogP contribution in [0.15, 0.2) is 69.9 Å². The number of carbonyl (C=O) groups is 1. The number of aryl methyl sites for hydroxylation is 2. The summed E-state index contributed by atoms with van der Waals surface area (Å²) >= 11 is 1.44. The lowest BCUT2D eigenvalue weighted by Crippen LogP contribution is -2.29. The van der Waals surface area contributed by atoms with Gasteiger partial charge in [-0.05, 0) is 67.8 Å². The van der Waals surface area contributed by atoms with E-state index >= 15 is 0 Å². The molecule has 0 N–H and O–H groups in total. The highest BCUT2D eigenvalue weighted by Gasteiger charge is 2.45. The zero-order valence-electron chi connectivity index (χ0n) is 19.5. The quantitative estimate of drug-likeness (QED) is 0.306. The van der Waals surface area contributed by atoms with E-state index in [1.54, 1.807) is 29.2 Å². The number of nitrogens with zero attached hydrogens (tertiary/aromatic N) is 2. The molecule has 35 heavy (non-hydrogen) atoms. The lowest BCUT2D eigenvalue weighted by molar-refractivity contribution is 0.0971. The SMILES string of the molecule is CCOc1ccc(C2c3c(oc4ccccc4c3=O)C(=O)N2c2nc3c(C)cc(C)cc3s2)cc1. The summed E-state index contributed by atoms with van der Waals surface area (Å²) in [5, 5.41) is 0.986. The molecule has 5 aromatic rings. The molecule has 3 aromatic carbocycles. The summed E-state index contributed by atoms with van der Waals surface area (Å²) < 4.78 is 12.6. The van der Waals surface area contributed by atoms with Gasteiger partial charge in [0.25, 0.3) is 5.91 Å². The maximum Gasteiger partial charge on any atom is 0.297 e. The van der Waals surface area contributed by atoms with Gasteiger partial charge in [0.2, 0.25) is 5.76 Å². The lowest BCUT2D eigenvalue weighted by atomic mass is 9.98. The molecule has 3 heterocycles. The van der Waals surface area contributed by atoms with Crippen molar-refractivity contribution in [3.63, 3.8) is 0 Å². The number of aromatic nitrogens is 1. The molecule has 174 valence electrons. The Labute approximate surface area is 205 Å². The highest BCUT2D eigenvalue weighted by atomic mass is 32.1. The summed E-state index contributed by atoms with van der Waals surface area (Å²) in [6.07, 6.45) is 0. The molecule has 1 atom stereocenters. The van der Waals surface area contributed by atoms with E-state index in [4.69, 9.17) is 14.1 Å². The number of anilines is 1. The molecule has 0 aliphatic carbocycles. The smallest absolute Gasteiger partial charge is 0.297 e. The van der Waals surface area contributed by atoms with Crippen LogP contribution in [0.5, 0.6) is 5.75 Å². The van der Waals surface area contributed by atoms with Gasteiger partial charge in [-0.3, -0.25) is 14.5 Å². The Balaban J connectivity index is 1.60. The molecule has 6 rings (SSSR count). The summed E-state index contributed by atoms with van der Waals surface area (Å²) in [7, 11) is 0. The van der Waals surface area contributed by atoms with Crippen LogP contribution in [0.25, 0.3) is 21.2 Å². The molecule has 0 saturated carbocycles. The molecule has 0 saturated heterocycles. The number of hydrogen-bond acceptors (Lipinski definition) is 6. The van der Waals surface area contributed by atoms with Crippen LogP contribution in [0.2, 0.25) is 0 Å². The number of fused-ring (bicyclic) bond motifs is 3. The van der Waals surface area contributed by atoms with Gasteiger partial charge >= 0.3 is 0 Å². The van der Waals surface area contributed by atoms with Gasteiger partial charge in [-0.15, -0.1) is 0 Å². The molecule has 0 radical (unpaired) electrons. The Bertz CT molecular complexity index is 1680. The van der Waals surface area contributed by atoms with Crippen molar-refractivity contribution in [2.45, 2.75) is 26.8 Å². The standard InChI is InChI=1S/C28H22N2O4S/c1-4-33-18-11-9-17(10-12-18)24-22-25(31)19-7-5-6-8-20(19)34-26(22)27(32)30(24)28-29-23-16(3)13-15(2)14-21(23)35-28/h5-14,24H,4H2,1-3H3. The van der Waals surface area contributed by atoms with Crippen molar-refractivity contribution in [2.24, 2.45) is 0 Å².